The van der Waals surface area contributed by atoms with Gasteiger partial charge in [-0.25, -0.2) is 9.78 Å². The van der Waals surface area contributed by atoms with Gasteiger partial charge in [-0.2, -0.15) is 0 Å². The van der Waals surface area contributed by atoms with Crippen molar-refractivity contribution in [3.63, 3.8) is 0 Å². The molecule has 3 aromatic rings. The second-order valence-electron chi connectivity index (χ2n) is 5.76. The summed E-state index contributed by atoms with van der Waals surface area (Å²) in [7, 11) is 2.95. The van der Waals surface area contributed by atoms with Crippen LogP contribution in [0.5, 0.6) is 0 Å². The monoisotopic (exact) mass is 373 g/mol. The highest BCUT2D eigenvalue weighted by molar-refractivity contribution is 7.99. The first kappa shape index (κ1) is 18.0. The molecule has 0 aliphatic carbocycles. The Morgan fingerprint density at radius 2 is 1.88 bits per heavy atom. The molecule has 9 heteroatoms. The summed E-state index contributed by atoms with van der Waals surface area (Å²) < 4.78 is 3.77. The number of aromatic nitrogens is 4. The van der Waals surface area contributed by atoms with Crippen molar-refractivity contribution in [2.75, 3.05) is 12.3 Å². The third-order valence-corrected chi connectivity index (χ3v) is 4.98. The van der Waals surface area contributed by atoms with E-state index in [-0.39, 0.29) is 23.6 Å². The van der Waals surface area contributed by atoms with Crippen molar-refractivity contribution in [2.45, 2.75) is 11.4 Å². The largest absolute Gasteiger partial charge is 0.354 e. The van der Waals surface area contributed by atoms with Gasteiger partial charge in [0.15, 0.2) is 11.2 Å². The minimum absolute atomic E-state index is 0.0278. The van der Waals surface area contributed by atoms with E-state index in [9.17, 15) is 14.4 Å². The van der Waals surface area contributed by atoms with Gasteiger partial charge in [0, 0.05) is 31.3 Å². The zero-order valence-corrected chi connectivity index (χ0v) is 15.3. The molecule has 1 N–H and O–H groups in total. The predicted octanol–water partition coefficient (Wildman–Crippen LogP) is 0.342. The van der Waals surface area contributed by atoms with E-state index >= 15 is 0 Å². The van der Waals surface area contributed by atoms with Crippen LogP contribution in [0.2, 0.25) is 0 Å². The quantitative estimate of drug-likeness (QED) is 0.497. The molecule has 2 heterocycles. The minimum atomic E-state index is -0.465. The van der Waals surface area contributed by atoms with Gasteiger partial charge in [0.05, 0.1) is 6.33 Å². The normalized spacial score (nSPS) is 11.0. The van der Waals surface area contributed by atoms with Gasteiger partial charge in [0.25, 0.3) is 5.56 Å². The first-order chi connectivity index (χ1) is 12.5. The van der Waals surface area contributed by atoms with Crippen molar-refractivity contribution >= 4 is 28.8 Å². The standard InChI is InChI=1S/C17H19N5O3S/c1-20-15-14(16(24)21(2)17(20)25)22(11-19-15)10-13(23)18-8-9-26-12-6-4-3-5-7-12/h3-7,11H,8-10H2,1-2H3,(H,18,23). The molecule has 0 bridgehead atoms. The van der Waals surface area contributed by atoms with E-state index in [4.69, 9.17) is 0 Å². The van der Waals surface area contributed by atoms with Gasteiger partial charge in [-0.05, 0) is 12.1 Å². The van der Waals surface area contributed by atoms with Crippen molar-refractivity contribution in [3.8, 4) is 0 Å². The van der Waals surface area contributed by atoms with E-state index in [0.29, 0.717) is 6.54 Å². The van der Waals surface area contributed by atoms with Crippen molar-refractivity contribution in [2.24, 2.45) is 14.1 Å². The Labute approximate surface area is 153 Å². The highest BCUT2D eigenvalue weighted by atomic mass is 32.2. The average Bonchev–Trinajstić information content (AvgIpc) is 3.06. The van der Waals surface area contributed by atoms with E-state index in [1.807, 2.05) is 30.3 Å². The van der Waals surface area contributed by atoms with Gasteiger partial charge < -0.3 is 9.88 Å². The molecule has 0 spiro atoms. The molecule has 0 saturated heterocycles. The molecule has 0 saturated carbocycles. The van der Waals surface area contributed by atoms with Crippen LogP contribution in [-0.2, 0) is 25.4 Å². The summed E-state index contributed by atoms with van der Waals surface area (Å²) in [6.45, 7) is 0.488. The minimum Gasteiger partial charge on any atom is -0.354 e. The highest BCUT2D eigenvalue weighted by Crippen LogP contribution is 2.15. The molecule has 2 aromatic heterocycles. The van der Waals surface area contributed by atoms with Crippen LogP contribution < -0.4 is 16.6 Å². The van der Waals surface area contributed by atoms with Crippen LogP contribution in [0.15, 0.2) is 51.1 Å². The molecular weight excluding hydrogens is 354 g/mol. The summed E-state index contributed by atoms with van der Waals surface area (Å²) >= 11 is 1.66. The van der Waals surface area contributed by atoms with Crippen LogP contribution in [0.1, 0.15) is 0 Å². The van der Waals surface area contributed by atoms with Crippen LogP contribution in [0.25, 0.3) is 11.2 Å². The maximum Gasteiger partial charge on any atom is 0.332 e. The zero-order chi connectivity index (χ0) is 18.7. The SMILES string of the molecule is Cn1c(=O)c2c(ncn2CC(=O)NCCSc2ccccc2)n(C)c1=O. The molecule has 1 amide bonds. The first-order valence-corrected chi connectivity index (χ1v) is 9.03. The molecule has 26 heavy (non-hydrogen) atoms. The lowest BCUT2D eigenvalue weighted by molar-refractivity contribution is -0.121. The zero-order valence-electron chi connectivity index (χ0n) is 14.5. The Morgan fingerprint density at radius 1 is 1.15 bits per heavy atom. The van der Waals surface area contributed by atoms with Gasteiger partial charge in [0.1, 0.15) is 6.54 Å². The molecule has 1 aromatic carbocycles. The molecule has 0 radical (unpaired) electrons. The number of fused-ring (bicyclic) bond motifs is 1. The Balaban J connectivity index is 1.65. The second kappa shape index (κ2) is 7.61. The number of hydrogen-bond acceptors (Lipinski definition) is 5. The fourth-order valence-corrected chi connectivity index (χ4v) is 3.39. The van der Waals surface area contributed by atoms with Crippen LogP contribution in [-0.4, -0.2) is 36.9 Å². The number of hydrogen-bond donors (Lipinski definition) is 1. The van der Waals surface area contributed by atoms with Gasteiger partial charge in [-0.3, -0.25) is 18.7 Å². The maximum atomic E-state index is 12.3. The van der Waals surface area contributed by atoms with Crippen molar-refractivity contribution < 1.29 is 4.79 Å². The fraction of sp³-hybridized carbons (Fsp3) is 0.294. The number of imidazole rings is 1. The van der Waals surface area contributed by atoms with E-state index < -0.39 is 11.2 Å². The van der Waals surface area contributed by atoms with Crippen molar-refractivity contribution in [1.82, 2.24) is 24.0 Å². The lowest BCUT2D eigenvalue weighted by Gasteiger charge is -2.08. The Hall–Kier alpha value is -2.81. The van der Waals surface area contributed by atoms with Gasteiger partial charge in [-0.1, -0.05) is 18.2 Å². The van der Waals surface area contributed by atoms with Gasteiger partial charge in [0.2, 0.25) is 5.91 Å². The number of benzene rings is 1. The predicted molar refractivity (Wildman–Crippen MR) is 100 cm³/mol. The Morgan fingerprint density at radius 3 is 2.62 bits per heavy atom. The summed E-state index contributed by atoms with van der Waals surface area (Å²) in [6, 6.07) is 9.94. The molecule has 8 nitrogen and oxygen atoms in total. The topological polar surface area (TPSA) is 90.9 Å². The number of aryl methyl sites for hydroxylation is 1. The molecule has 0 fully saturated rings. The number of carbonyl (C=O) groups is 1. The molecule has 0 unspecified atom stereocenters. The maximum absolute atomic E-state index is 12.3. The summed E-state index contributed by atoms with van der Waals surface area (Å²) in [5.74, 6) is 0.533. The third kappa shape index (κ3) is 3.57. The molecule has 3 rings (SSSR count). The number of nitrogens with one attached hydrogen (secondary N) is 1. The van der Waals surface area contributed by atoms with E-state index in [1.54, 1.807) is 18.8 Å². The van der Waals surface area contributed by atoms with Crippen LogP contribution >= 0.6 is 11.8 Å². The number of nitrogens with zero attached hydrogens (tertiary/aromatic N) is 4. The number of carbonyl (C=O) groups excluding carboxylic acids is 1. The fourth-order valence-electron chi connectivity index (χ4n) is 2.60. The van der Waals surface area contributed by atoms with Crippen LogP contribution in [0.3, 0.4) is 0 Å². The summed E-state index contributed by atoms with van der Waals surface area (Å²) in [5, 5.41) is 2.83. The number of rotatable bonds is 6. The Bertz CT molecular complexity index is 1050. The summed E-state index contributed by atoms with van der Waals surface area (Å²) in [6.07, 6.45) is 1.41. The third-order valence-electron chi connectivity index (χ3n) is 3.97. The molecular formula is C17H19N5O3S. The van der Waals surface area contributed by atoms with Gasteiger partial charge >= 0.3 is 5.69 Å². The lowest BCUT2D eigenvalue weighted by Crippen LogP contribution is -2.38. The van der Waals surface area contributed by atoms with E-state index in [1.165, 1.54) is 22.5 Å². The lowest BCUT2D eigenvalue weighted by atomic mass is 10.4. The van der Waals surface area contributed by atoms with Crippen molar-refractivity contribution in [1.29, 1.82) is 0 Å². The average molecular weight is 373 g/mol. The summed E-state index contributed by atoms with van der Waals surface area (Å²) in [4.78, 5) is 41.7. The molecule has 136 valence electrons. The summed E-state index contributed by atoms with van der Waals surface area (Å²) in [5.41, 5.74) is -0.405. The number of thioether (sulfide) groups is 1. The second-order valence-corrected chi connectivity index (χ2v) is 6.93. The molecule has 0 atom stereocenters. The smallest absolute Gasteiger partial charge is 0.332 e. The number of amides is 1. The van der Waals surface area contributed by atoms with Gasteiger partial charge in [-0.15, -0.1) is 11.8 Å². The van der Waals surface area contributed by atoms with Crippen LogP contribution in [0.4, 0.5) is 0 Å². The van der Waals surface area contributed by atoms with E-state index in [2.05, 4.69) is 10.3 Å². The van der Waals surface area contributed by atoms with Crippen molar-refractivity contribution in [3.05, 3.63) is 57.5 Å². The first-order valence-electron chi connectivity index (χ1n) is 8.04. The van der Waals surface area contributed by atoms with E-state index in [0.717, 1.165) is 15.2 Å². The Kier molecular flexibility index (Phi) is 5.27. The van der Waals surface area contributed by atoms with Crippen LogP contribution in [0, 0.1) is 0 Å². The highest BCUT2D eigenvalue weighted by Gasteiger charge is 2.15. The molecule has 0 aliphatic heterocycles. The molecule has 0 aliphatic rings.